The van der Waals surface area contributed by atoms with Gasteiger partial charge in [0.15, 0.2) is 0 Å². The molecule has 0 saturated carbocycles. The normalized spacial score (nSPS) is 13.9. The van der Waals surface area contributed by atoms with Crippen molar-refractivity contribution in [3.63, 3.8) is 0 Å². The Labute approximate surface area is 90.5 Å². The summed E-state index contributed by atoms with van der Waals surface area (Å²) in [6.07, 6.45) is -2.84. The number of nitrogens with one attached hydrogen (secondary N) is 1. The minimum Gasteiger partial charge on any atom is -0.481 e. The van der Waals surface area contributed by atoms with Crippen molar-refractivity contribution in [2.45, 2.75) is 25.0 Å². The van der Waals surface area contributed by atoms with E-state index >= 15 is 0 Å². The standard InChI is InChI=1S/C8H13NO7/c10-2-1-4(8(15)16)9-7(14)5(11)3-6(12)13/h4-5,10-11H,1-3H2,(H,9,14)(H,12,13)(H,15,16)/t4-,5?/m0/s1. The SMILES string of the molecule is O=C(O)CC(O)C(=O)N[C@@H](CCO)C(=O)O. The van der Waals surface area contributed by atoms with Crippen LogP contribution >= 0.6 is 0 Å². The van der Waals surface area contributed by atoms with Gasteiger partial charge in [0.05, 0.1) is 6.42 Å². The van der Waals surface area contributed by atoms with Crippen LogP contribution in [0.25, 0.3) is 0 Å². The number of carboxylic acids is 2. The molecule has 8 heteroatoms. The number of carbonyl (C=O) groups is 3. The first-order valence-electron chi connectivity index (χ1n) is 4.42. The lowest BCUT2D eigenvalue weighted by atomic mass is 10.2. The highest BCUT2D eigenvalue weighted by Gasteiger charge is 2.24. The first kappa shape index (κ1) is 14.3. The topological polar surface area (TPSA) is 144 Å². The molecule has 0 aromatic rings. The molecule has 0 aliphatic carbocycles. The van der Waals surface area contributed by atoms with Crippen LogP contribution in [0.5, 0.6) is 0 Å². The van der Waals surface area contributed by atoms with Gasteiger partial charge in [-0.15, -0.1) is 0 Å². The zero-order valence-electron chi connectivity index (χ0n) is 8.29. The van der Waals surface area contributed by atoms with Gasteiger partial charge in [0.2, 0.25) is 5.91 Å². The lowest BCUT2D eigenvalue weighted by molar-refractivity contribution is -0.146. The van der Waals surface area contributed by atoms with E-state index in [9.17, 15) is 14.4 Å². The van der Waals surface area contributed by atoms with E-state index in [0.29, 0.717) is 0 Å². The molecule has 1 unspecified atom stereocenters. The Morgan fingerprint density at radius 3 is 2.12 bits per heavy atom. The molecular formula is C8H13NO7. The molecule has 0 aliphatic heterocycles. The lowest BCUT2D eigenvalue weighted by Gasteiger charge is -2.15. The highest BCUT2D eigenvalue weighted by molar-refractivity contribution is 5.88. The molecule has 5 N–H and O–H groups in total. The molecule has 8 nitrogen and oxygen atoms in total. The molecule has 0 aromatic carbocycles. The second-order valence-corrected chi connectivity index (χ2v) is 3.03. The number of hydrogen-bond acceptors (Lipinski definition) is 5. The van der Waals surface area contributed by atoms with Crippen molar-refractivity contribution in [1.82, 2.24) is 5.32 Å². The summed E-state index contributed by atoms with van der Waals surface area (Å²) in [4.78, 5) is 31.8. The van der Waals surface area contributed by atoms with Crippen molar-refractivity contribution in [3.8, 4) is 0 Å². The summed E-state index contributed by atoms with van der Waals surface area (Å²) in [5.41, 5.74) is 0. The number of aliphatic hydroxyl groups excluding tert-OH is 2. The van der Waals surface area contributed by atoms with Gasteiger partial charge in [-0.25, -0.2) is 4.79 Å². The average molecular weight is 235 g/mol. The third-order valence-electron chi connectivity index (χ3n) is 1.70. The molecule has 0 fully saturated rings. The number of hydrogen-bond donors (Lipinski definition) is 5. The predicted octanol–water partition coefficient (Wildman–Crippen LogP) is -2.23. The van der Waals surface area contributed by atoms with Crippen LogP contribution in [0.4, 0.5) is 0 Å². The Hall–Kier alpha value is -1.67. The molecule has 0 aliphatic rings. The maximum absolute atomic E-state index is 11.1. The van der Waals surface area contributed by atoms with Gasteiger partial charge < -0.3 is 25.7 Å². The smallest absolute Gasteiger partial charge is 0.326 e. The summed E-state index contributed by atoms with van der Waals surface area (Å²) in [7, 11) is 0. The van der Waals surface area contributed by atoms with Gasteiger partial charge in [-0.1, -0.05) is 0 Å². The van der Waals surface area contributed by atoms with E-state index in [1.165, 1.54) is 0 Å². The molecule has 0 spiro atoms. The zero-order valence-corrected chi connectivity index (χ0v) is 8.29. The fraction of sp³-hybridized carbons (Fsp3) is 0.625. The van der Waals surface area contributed by atoms with Crippen molar-refractivity contribution >= 4 is 17.8 Å². The molecule has 0 aromatic heterocycles. The molecule has 0 heterocycles. The monoisotopic (exact) mass is 235 g/mol. The van der Waals surface area contributed by atoms with Crippen LogP contribution in [0.3, 0.4) is 0 Å². The minimum atomic E-state index is -1.81. The molecule has 92 valence electrons. The van der Waals surface area contributed by atoms with Gasteiger partial charge >= 0.3 is 11.9 Å². The van der Waals surface area contributed by atoms with Crippen molar-refractivity contribution in [1.29, 1.82) is 0 Å². The largest absolute Gasteiger partial charge is 0.481 e. The minimum absolute atomic E-state index is 0.221. The molecule has 2 atom stereocenters. The van der Waals surface area contributed by atoms with Gasteiger partial charge in [-0.05, 0) is 0 Å². The first-order chi connectivity index (χ1) is 7.38. The van der Waals surface area contributed by atoms with E-state index in [0.717, 1.165) is 0 Å². The number of rotatable bonds is 7. The summed E-state index contributed by atoms with van der Waals surface area (Å²) < 4.78 is 0. The van der Waals surface area contributed by atoms with Crippen LogP contribution in [-0.4, -0.2) is 57.0 Å². The van der Waals surface area contributed by atoms with Crippen molar-refractivity contribution in [2.75, 3.05) is 6.61 Å². The molecule has 0 saturated heterocycles. The Morgan fingerprint density at radius 1 is 1.19 bits per heavy atom. The molecule has 16 heavy (non-hydrogen) atoms. The van der Waals surface area contributed by atoms with Crippen LogP contribution in [0.1, 0.15) is 12.8 Å². The second kappa shape index (κ2) is 6.75. The fourth-order valence-electron chi connectivity index (χ4n) is 0.912. The van der Waals surface area contributed by atoms with Gasteiger partial charge in [0.25, 0.3) is 0 Å². The van der Waals surface area contributed by atoms with E-state index in [4.69, 9.17) is 20.4 Å². The first-order valence-corrected chi connectivity index (χ1v) is 4.42. The fourth-order valence-corrected chi connectivity index (χ4v) is 0.912. The number of carbonyl (C=O) groups excluding carboxylic acids is 1. The maximum Gasteiger partial charge on any atom is 0.326 e. The Kier molecular flexibility index (Phi) is 6.04. The van der Waals surface area contributed by atoms with Gasteiger partial charge in [-0.3, -0.25) is 9.59 Å². The third kappa shape index (κ3) is 5.27. The summed E-state index contributed by atoms with van der Waals surface area (Å²) in [5, 5.41) is 36.3. The number of aliphatic carboxylic acids is 2. The number of aliphatic hydroxyl groups is 2. The summed E-state index contributed by atoms with van der Waals surface area (Å²) in [6.45, 7) is -0.452. The zero-order chi connectivity index (χ0) is 12.7. The van der Waals surface area contributed by atoms with Crippen LogP contribution < -0.4 is 5.32 Å². The Morgan fingerprint density at radius 2 is 1.75 bits per heavy atom. The molecular weight excluding hydrogens is 222 g/mol. The number of carboxylic acid groups (broad SMARTS) is 2. The van der Waals surface area contributed by atoms with Crippen LogP contribution in [0, 0.1) is 0 Å². The lowest BCUT2D eigenvalue weighted by Crippen LogP contribution is -2.46. The molecule has 0 bridgehead atoms. The molecule has 0 rings (SSSR count). The van der Waals surface area contributed by atoms with E-state index < -0.39 is 43.0 Å². The summed E-state index contributed by atoms with van der Waals surface area (Å²) in [6, 6.07) is -1.35. The Balaban J connectivity index is 4.28. The predicted molar refractivity (Wildman–Crippen MR) is 49.5 cm³/mol. The number of amides is 1. The van der Waals surface area contributed by atoms with Gasteiger partial charge in [-0.2, -0.15) is 0 Å². The molecule has 0 radical (unpaired) electrons. The van der Waals surface area contributed by atoms with Crippen molar-refractivity contribution in [3.05, 3.63) is 0 Å². The van der Waals surface area contributed by atoms with Crippen molar-refractivity contribution in [2.24, 2.45) is 0 Å². The van der Waals surface area contributed by atoms with Crippen LogP contribution in [0.15, 0.2) is 0 Å². The van der Waals surface area contributed by atoms with E-state index in [-0.39, 0.29) is 6.42 Å². The van der Waals surface area contributed by atoms with Crippen molar-refractivity contribution < 1.29 is 34.8 Å². The highest BCUT2D eigenvalue weighted by Crippen LogP contribution is 1.96. The van der Waals surface area contributed by atoms with E-state index in [2.05, 4.69) is 0 Å². The average Bonchev–Trinajstić information content (AvgIpc) is 2.15. The van der Waals surface area contributed by atoms with Crippen LogP contribution in [-0.2, 0) is 14.4 Å². The summed E-state index contributed by atoms with van der Waals surface area (Å²) >= 11 is 0. The van der Waals surface area contributed by atoms with Gasteiger partial charge in [0, 0.05) is 13.0 Å². The summed E-state index contributed by atoms with van der Waals surface area (Å²) in [5.74, 6) is -3.84. The maximum atomic E-state index is 11.1. The van der Waals surface area contributed by atoms with Crippen LogP contribution in [0.2, 0.25) is 0 Å². The van der Waals surface area contributed by atoms with Gasteiger partial charge in [0.1, 0.15) is 12.1 Å². The second-order valence-electron chi connectivity index (χ2n) is 3.03. The van der Waals surface area contributed by atoms with E-state index in [1.807, 2.05) is 5.32 Å². The quantitative estimate of drug-likeness (QED) is 0.336. The van der Waals surface area contributed by atoms with E-state index in [1.54, 1.807) is 0 Å². The Bertz CT molecular complexity index is 278. The molecule has 1 amide bonds. The third-order valence-corrected chi connectivity index (χ3v) is 1.70. The highest BCUT2D eigenvalue weighted by atomic mass is 16.4.